The van der Waals surface area contributed by atoms with E-state index in [9.17, 15) is 9.90 Å². The van der Waals surface area contributed by atoms with E-state index in [1.807, 2.05) is 45.2 Å². The monoisotopic (exact) mass is 506 g/mol. The highest BCUT2D eigenvalue weighted by molar-refractivity contribution is 5.68. The molecule has 0 radical (unpaired) electrons. The Morgan fingerprint density at radius 1 is 1.24 bits per heavy atom. The Bertz CT molecular complexity index is 1270. The largest absolute Gasteiger partial charge is 0.444 e. The zero-order valence-electron chi connectivity index (χ0n) is 22.3. The highest BCUT2D eigenvalue weighted by Gasteiger charge is 2.30. The molecule has 0 spiro atoms. The molecule has 1 amide bonds. The molecule has 0 saturated carbocycles. The highest BCUT2D eigenvalue weighted by atomic mass is 16.6. The zero-order valence-corrected chi connectivity index (χ0v) is 22.3. The van der Waals surface area contributed by atoms with E-state index >= 15 is 0 Å². The second kappa shape index (κ2) is 10.3. The number of fused-ring (bicyclic) bond motifs is 2. The number of anilines is 1. The first-order valence-corrected chi connectivity index (χ1v) is 13.2. The Morgan fingerprint density at radius 2 is 2.08 bits per heavy atom. The molecule has 37 heavy (non-hydrogen) atoms. The number of amides is 1. The molecule has 2 aliphatic rings. The molecule has 0 aromatic carbocycles. The highest BCUT2D eigenvalue weighted by Crippen LogP contribution is 2.33. The number of aliphatic hydroxyl groups is 1. The van der Waals surface area contributed by atoms with Crippen LogP contribution in [0.4, 0.5) is 10.6 Å². The average Bonchev–Trinajstić information content (AvgIpc) is 3.46. The van der Waals surface area contributed by atoms with Gasteiger partial charge in [0.05, 0.1) is 35.8 Å². The van der Waals surface area contributed by atoms with Gasteiger partial charge in [0.1, 0.15) is 17.1 Å². The van der Waals surface area contributed by atoms with Crippen LogP contribution in [0.3, 0.4) is 0 Å². The number of aryl methyl sites for hydroxylation is 1. The number of carbonyl (C=O) groups excluding carboxylic acids is 1. The van der Waals surface area contributed by atoms with E-state index in [1.54, 1.807) is 0 Å². The maximum absolute atomic E-state index is 12.3. The van der Waals surface area contributed by atoms with Crippen LogP contribution in [-0.2, 0) is 24.3 Å². The molecule has 1 aliphatic heterocycles. The predicted molar refractivity (Wildman–Crippen MR) is 142 cm³/mol. The fourth-order valence-electron chi connectivity index (χ4n) is 5.64. The lowest BCUT2D eigenvalue weighted by Crippen LogP contribution is -2.40. The first kappa shape index (κ1) is 25.5. The Hall–Kier alpha value is -3.17. The number of alkyl carbamates (subject to hydrolysis) is 1. The standard InChI is InChI=1S/C28H38N6O3/c1-28(2,3)37-27(36)30-20-13-15-33(16-20)25-12-6-11-24-31-21(23(18-35)34(24)25)17-32(4)22-10-5-8-19-9-7-14-29-26(19)22/h6-7,9,11-12,14,20,22,35H,5,8,10,13,15-18H2,1-4H3,(H,30,36)/t20-,22+/m1/s1. The molecule has 3 aromatic heterocycles. The van der Waals surface area contributed by atoms with Crippen molar-refractivity contribution in [1.29, 1.82) is 0 Å². The first-order valence-electron chi connectivity index (χ1n) is 13.2. The zero-order chi connectivity index (χ0) is 26.2. The van der Waals surface area contributed by atoms with Crippen LogP contribution in [0.15, 0.2) is 36.5 Å². The predicted octanol–water partition coefficient (Wildman–Crippen LogP) is 3.83. The lowest BCUT2D eigenvalue weighted by atomic mass is 9.91. The van der Waals surface area contributed by atoms with Crippen LogP contribution in [0.1, 0.15) is 68.7 Å². The molecule has 0 bridgehead atoms. The Labute approximate surface area is 218 Å². The van der Waals surface area contributed by atoms with Crippen molar-refractivity contribution in [3.05, 3.63) is 59.2 Å². The quantitative estimate of drug-likeness (QED) is 0.525. The lowest BCUT2D eigenvalue weighted by Gasteiger charge is -2.32. The molecule has 0 unspecified atom stereocenters. The number of hydrogen-bond donors (Lipinski definition) is 2. The summed E-state index contributed by atoms with van der Waals surface area (Å²) in [6.45, 7) is 7.57. The fraction of sp³-hybridized carbons (Fsp3) is 0.536. The molecule has 2 atom stereocenters. The molecule has 2 N–H and O–H groups in total. The summed E-state index contributed by atoms with van der Waals surface area (Å²) in [5.41, 5.74) is 4.46. The van der Waals surface area contributed by atoms with E-state index in [1.165, 1.54) is 5.56 Å². The van der Waals surface area contributed by atoms with Crippen LogP contribution in [-0.4, -0.2) is 62.2 Å². The van der Waals surface area contributed by atoms with Crippen LogP contribution in [0.5, 0.6) is 0 Å². The van der Waals surface area contributed by atoms with Crippen LogP contribution in [0, 0.1) is 0 Å². The van der Waals surface area contributed by atoms with E-state index in [0.717, 1.165) is 60.8 Å². The molecule has 5 rings (SSSR count). The van der Waals surface area contributed by atoms with Crippen molar-refractivity contribution in [3.63, 3.8) is 0 Å². The SMILES string of the molecule is CN(Cc1nc2cccc(N3CC[C@@H](NC(=O)OC(C)(C)C)C3)n2c1CO)[C@H]1CCCc2cccnc21. The molecular weight excluding hydrogens is 468 g/mol. The summed E-state index contributed by atoms with van der Waals surface area (Å²) in [4.78, 5) is 26.5. The summed E-state index contributed by atoms with van der Waals surface area (Å²) in [5.74, 6) is 0.973. The van der Waals surface area contributed by atoms with Crippen molar-refractivity contribution >= 4 is 17.6 Å². The molecule has 9 nitrogen and oxygen atoms in total. The third-order valence-electron chi connectivity index (χ3n) is 7.28. The number of hydrogen-bond acceptors (Lipinski definition) is 7. The van der Waals surface area contributed by atoms with Crippen molar-refractivity contribution in [2.24, 2.45) is 0 Å². The minimum atomic E-state index is -0.528. The number of pyridine rings is 2. The van der Waals surface area contributed by atoms with Gasteiger partial charge in [-0.2, -0.15) is 0 Å². The Kier molecular flexibility index (Phi) is 7.09. The summed E-state index contributed by atoms with van der Waals surface area (Å²) in [5, 5.41) is 13.4. The fourth-order valence-corrected chi connectivity index (χ4v) is 5.64. The van der Waals surface area contributed by atoms with Crippen molar-refractivity contribution in [2.75, 3.05) is 25.0 Å². The second-order valence-corrected chi connectivity index (χ2v) is 11.2. The Morgan fingerprint density at radius 3 is 2.86 bits per heavy atom. The average molecular weight is 507 g/mol. The molecule has 9 heteroatoms. The number of carbonyl (C=O) groups is 1. The van der Waals surface area contributed by atoms with Gasteiger partial charge in [0.15, 0.2) is 0 Å². The van der Waals surface area contributed by atoms with Crippen LogP contribution < -0.4 is 10.2 Å². The topological polar surface area (TPSA) is 95.2 Å². The van der Waals surface area contributed by atoms with E-state index in [-0.39, 0.29) is 24.8 Å². The van der Waals surface area contributed by atoms with Gasteiger partial charge in [-0.15, -0.1) is 0 Å². The summed E-state index contributed by atoms with van der Waals surface area (Å²) in [6, 6.07) is 10.5. The maximum Gasteiger partial charge on any atom is 0.407 e. The van der Waals surface area contributed by atoms with Gasteiger partial charge in [-0.25, -0.2) is 9.78 Å². The summed E-state index contributed by atoms with van der Waals surface area (Å²) in [6.07, 6.45) is 5.59. The number of ether oxygens (including phenoxy) is 1. The maximum atomic E-state index is 12.3. The third kappa shape index (κ3) is 5.43. The van der Waals surface area contributed by atoms with E-state index < -0.39 is 5.60 Å². The lowest BCUT2D eigenvalue weighted by molar-refractivity contribution is 0.0509. The van der Waals surface area contributed by atoms with Gasteiger partial charge in [-0.3, -0.25) is 14.3 Å². The van der Waals surface area contributed by atoms with Gasteiger partial charge in [0.25, 0.3) is 0 Å². The van der Waals surface area contributed by atoms with Gasteiger partial charge in [-0.05, 0) is 77.3 Å². The van der Waals surface area contributed by atoms with Gasteiger partial charge in [0, 0.05) is 25.8 Å². The Balaban J connectivity index is 1.36. The van der Waals surface area contributed by atoms with Crippen LogP contribution >= 0.6 is 0 Å². The molecule has 4 heterocycles. The molecule has 198 valence electrons. The van der Waals surface area contributed by atoms with Crippen molar-refractivity contribution in [3.8, 4) is 0 Å². The smallest absolute Gasteiger partial charge is 0.407 e. The number of nitrogens with one attached hydrogen (secondary N) is 1. The molecule has 1 fully saturated rings. The van der Waals surface area contributed by atoms with Gasteiger partial charge < -0.3 is 20.1 Å². The molecule has 1 aliphatic carbocycles. The van der Waals surface area contributed by atoms with Crippen LogP contribution in [0.25, 0.3) is 5.65 Å². The van der Waals surface area contributed by atoms with E-state index in [2.05, 4.69) is 38.7 Å². The normalized spacial score (nSPS) is 19.9. The minimum Gasteiger partial charge on any atom is -0.444 e. The number of rotatable bonds is 6. The van der Waals surface area contributed by atoms with E-state index in [0.29, 0.717) is 13.1 Å². The third-order valence-corrected chi connectivity index (χ3v) is 7.28. The number of aliphatic hydroxyl groups excluding tert-OH is 1. The van der Waals surface area contributed by atoms with E-state index in [4.69, 9.17) is 14.7 Å². The van der Waals surface area contributed by atoms with Crippen molar-refractivity contribution < 1.29 is 14.6 Å². The first-order chi connectivity index (χ1) is 17.7. The number of aromatic nitrogens is 3. The summed E-state index contributed by atoms with van der Waals surface area (Å²) < 4.78 is 7.50. The summed E-state index contributed by atoms with van der Waals surface area (Å²) >= 11 is 0. The van der Waals surface area contributed by atoms with Crippen LogP contribution in [0.2, 0.25) is 0 Å². The molecule has 1 saturated heterocycles. The molecule has 3 aromatic rings. The van der Waals surface area contributed by atoms with Crippen molar-refractivity contribution in [2.45, 2.75) is 77.3 Å². The minimum absolute atomic E-state index is 0.00400. The van der Waals surface area contributed by atoms with Crippen molar-refractivity contribution in [1.82, 2.24) is 24.6 Å². The van der Waals surface area contributed by atoms with Gasteiger partial charge in [-0.1, -0.05) is 12.1 Å². The number of nitrogens with zero attached hydrogens (tertiary/aromatic N) is 5. The molecular formula is C28H38N6O3. The number of imidazole rings is 1. The summed E-state index contributed by atoms with van der Waals surface area (Å²) in [7, 11) is 2.12. The van der Waals surface area contributed by atoms with Gasteiger partial charge in [0.2, 0.25) is 0 Å². The van der Waals surface area contributed by atoms with Gasteiger partial charge >= 0.3 is 6.09 Å². The second-order valence-electron chi connectivity index (χ2n) is 11.2.